The van der Waals surface area contributed by atoms with Crippen LogP contribution in [-0.2, 0) is 11.8 Å². The van der Waals surface area contributed by atoms with Gasteiger partial charge in [0, 0.05) is 5.41 Å². The Labute approximate surface area is 219 Å². The summed E-state index contributed by atoms with van der Waals surface area (Å²) in [6.07, 6.45) is 2.97. The van der Waals surface area contributed by atoms with E-state index in [4.69, 9.17) is 0 Å². The van der Waals surface area contributed by atoms with E-state index in [0.717, 1.165) is 36.8 Å². The second kappa shape index (κ2) is 11.3. The van der Waals surface area contributed by atoms with Crippen molar-refractivity contribution in [1.29, 1.82) is 0 Å². The van der Waals surface area contributed by atoms with Gasteiger partial charge < -0.3 is 10.2 Å². The van der Waals surface area contributed by atoms with Gasteiger partial charge in [0.25, 0.3) is 0 Å². The summed E-state index contributed by atoms with van der Waals surface area (Å²) >= 11 is 0. The predicted octanol–water partition coefficient (Wildman–Crippen LogP) is 8.47. The largest absolute Gasteiger partial charge is 0.393 e. The summed E-state index contributed by atoms with van der Waals surface area (Å²) in [4.78, 5) is 0. The molecule has 2 heteroatoms. The number of rotatable bonds is 9. The average molecular weight is 487 g/mol. The van der Waals surface area contributed by atoms with E-state index in [9.17, 15) is 10.2 Å². The Balaban J connectivity index is 1.95. The van der Waals surface area contributed by atoms with E-state index >= 15 is 0 Å². The molecule has 0 aliphatic carbocycles. The van der Waals surface area contributed by atoms with Crippen molar-refractivity contribution in [2.75, 3.05) is 0 Å². The standard InChI is InChI=1S/C34H46O2/c1-9-34(10-2,29-16-14-26(23(3)20-29)15-19-32(36)33(6,7)8)30-17-18-31(24(4)21-30)28-13-11-12-27(22-28)25(5)35/h11-14,16-18,20-22,25,32,35-36H,9-10,15,19H2,1-8H3. The van der Waals surface area contributed by atoms with E-state index in [1.165, 1.54) is 33.4 Å². The fourth-order valence-electron chi connectivity index (χ4n) is 5.48. The Morgan fingerprint density at radius 2 is 1.39 bits per heavy atom. The Hall–Kier alpha value is -2.42. The highest BCUT2D eigenvalue weighted by Gasteiger charge is 2.31. The van der Waals surface area contributed by atoms with E-state index in [2.05, 4.69) is 97.0 Å². The maximum Gasteiger partial charge on any atom is 0.0762 e. The molecule has 2 N–H and O–H groups in total. The van der Waals surface area contributed by atoms with E-state index in [-0.39, 0.29) is 16.9 Å². The van der Waals surface area contributed by atoms with Crippen molar-refractivity contribution in [2.45, 2.75) is 98.7 Å². The number of hydrogen-bond donors (Lipinski definition) is 2. The zero-order valence-electron chi connectivity index (χ0n) is 23.7. The first-order valence-electron chi connectivity index (χ1n) is 13.6. The van der Waals surface area contributed by atoms with Crippen LogP contribution in [0, 0.1) is 19.3 Å². The van der Waals surface area contributed by atoms with Gasteiger partial charge in [-0.15, -0.1) is 0 Å². The number of hydrogen-bond acceptors (Lipinski definition) is 2. The van der Waals surface area contributed by atoms with Crippen LogP contribution in [0.5, 0.6) is 0 Å². The molecule has 0 fully saturated rings. The summed E-state index contributed by atoms with van der Waals surface area (Å²) in [6.45, 7) is 17.1. The third-order valence-corrected chi connectivity index (χ3v) is 8.25. The van der Waals surface area contributed by atoms with E-state index in [1.54, 1.807) is 0 Å². The van der Waals surface area contributed by atoms with Gasteiger partial charge >= 0.3 is 0 Å². The van der Waals surface area contributed by atoms with Gasteiger partial charge in [0.05, 0.1) is 12.2 Å². The number of benzene rings is 3. The molecule has 2 unspecified atom stereocenters. The van der Waals surface area contributed by atoms with Gasteiger partial charge in [-0.05, 0) is 102 Å². The summed E-state index contributed by atoms with van der Waals surface area (Å²) < 4.78 is 0. The Morgan fingerprint density at radius 1 is 0.778 bits per heavy atom. The second-order valence-electron chi connectivity index (χ2n) is 11.7. The first kappa shape index (κ1) is 28.2. The molecule has 36 heavy (non-hydrogen) atoms. The lowest BCUT2D eigenvalue weighted by molar-refractivity contribution is 0.0560. The number of aryl methyl sites for hydroxylation is 3. The van der Waals surface area contributed by atoms with Crippen molar-refractivity contribution in [3.8, 4) is 11.1 Å². The first-order chi connectivity index (χ1) is 16.9. The van der Waals surface area contributed by atoms with Crippen molar-refractivity contribution in [2.24, 2.45) is 5.41 Å². The lowest BCUT2D eigenvalue weighted by Crippen LogP contribution is -2.27. The fourth-order valence-corrected chi connectivity index (χ4v) is 5.48. The van der Waals surface area contributed by atoms with Crippen molar-refractivity contribution in [3.05, 3.63) is 94.0 Å². The zero-order valence-corrected chi connectivity index (χ0v) is 23.7. The van der Waals surface area contributed by atoms with Gasteiger partial charge in [0.15, 0.2) is 0 Å². The molecule has 3 rings (SSSR count). The molecule has 194 valence electrons. The maximum atomic E-state index is 10.5. The average Bonchev–Trinajstić information content (AvgIpc) is 2.84. The van der Waals surface area contributed by atoms with Crippen LogP contribution in [0.2, 0.25) is 0 Å². The maximum absolute atomic E-state index is 10.5. The predicted molar refractivity (Wildman–Crippen MR) is 154 cm³/mol. The molecule has 0 spiro atoms. The number of aliphatic hydroxyl groups is 2. The lowest BCUT2D eigenvalue weighted by Gasteiger charge is -2.34. The second-order valence-corrected chi connectivity index (χ2v) is 11.7. The Kier molecular flexibility index (Phi) is 8.85. The van der Waals surface area contributed by atoms with Crippen LogP contribution in [0.3, 0.4) is 0 Å². The molecule has 0 aliphatic rings. The molecule has 2 nitrogen and oxygen atoms in total. The molecule has 0 aromatic heterocycles. The zero-order chi connectivity index (χ0) is 26.7. The fraction of sp³-hybridized carbons (Fsp3) is 0.471. The Bertz CT molecular complexity index is 1160. The molecule has 0 radical (unpaired) electrons. The van der Waals surface area contributed by atoms with E-state index in [0.29, 0.717) is 0 Å². The molecular weight excluding hydrogens is 440 g/mol. The van der Waals surface area contributed by atoms with Gasteiger partial charge in [0.2, 0.25) is 0 Å². The minimum atomic E-state index is -0.472. The molecule has 3 aromatic carbocycles. The van der Waals surface area contributed by atoms with Crippen LogP contribution in [0.25, 0.3) is 11.1 Å². The van der Waals surface area contributed by atoms with Crippen molar-refractivity contribution >= 4 is 0 Å². The molecule has 0 bridgehead atoms. The highest BCUT2D eigenvalue weighted by molar-refractivity contribution is 5.69. The van der Waals surface area contributed by atoms with Gasteiger partial charge in [0.1, 0.15) is 0 Å². The summed E-state index contributed by atoms with van der Waals surface area (Å²) in [5, 5.41) is 20.5. The molecule has 0 saturated carbocycles. The van der Waals surface area contributed by atoms with Crippen LogP contribution in [0.15, 0.2) is 60.7 Å². The van der Waals surface area contributed by atoms with E-state index in [1.807, 2.05) is 19.1 Å². The molecule has 2 atom stereocenters. The molecule has 0 aliphatic heterocycles. The highest BCUT2D eigenvalue weighted by Crippen LogP contribution is 2.41. The molecular formula is C34H46O2. The topological polar surface area (TPSA) is 40.5 Å². The third kappa shape index (κ3) is 5.93. The SMILES string of the molecule is CCC(CC)(c1ccc(CCC(O)C(C)(C)C)c(C)c1)c1ccc(-c2cccc(C(C)O)c2)c(C)c1. The molecule has 0 heterocycles. The summed E-state index contributed by atoms with van der Waals surface area (Å²) in [5.74, 6) is 0. The minimum absolute atomic E-state index is 0.0427. The van der Waals surface area contributed by atoms with Crippen LogP contribution in [0.1, 0.15) is 100 Å². The smallest absolute Gasteiger partial charge is 0.0762 e. The Morgan fingerprint density at radius 3 is 1.92 bits per heavy atom. The quantitative estimate of drug-likeness (QED) is 0.318. The van der Waals surface area contributed by atoms with Gasteiger partial charge in [-0.3, -0.25) is 0 Å². The summed E-state index contributed by atoms with van der Waals surface area (Å²) in [7, 11) is 0. The minimum Gasteiger partial charge on any atom is -0.393 e. The van der Waals surface area contributed by atoms with Crippen LogP contribution in [0.4, 0.5) is 0 Å². The van der Waals surface area contributed by atoms with Crippen LogP contribution in [-0.4, -0.2) is 16.3 Å². The lowest BCUT2D eigenvalue weighted by atomic mass is 9.69. The van der Waals surface area contributed by atoms with Crippen LogP contribution < -0.4 is 0 Å². The van der Waals surface area contributed by atoms with Crippen molar-refractivity contribution in [1.82, 2.24) is 0 Å². The molecule has 0 saturated heterocycles. The van der Waals surface area contributed by atoms with Gasteiger partial charge in [-0.1, -0.05) is 89.2 Å². The van der Waals surface area contributed by atoms with Gasteiger partial charge in [-0.25, -0.2) is 0 Å². The van der Waals surface area contributed by atoms with Crippen molar-refractivity contribution < 1.29 is 10.2 Å². The summed E-state index contributed by atoms with van der Waals surface area (Å²) in [6, 6.07) is 22.1. The first-order valence-corrected chi connectivity index (χ1v) is 13.6. The monoisotopic (exact) mass is 486 g/mol. The molecule has 3 aromatic rings. The van der Waals surface area contributed by atoms with Crippen molar-refractivity contribution in [3.63, 3.8) is 0 Å². The summed E-state index contributed by atoms with van der Waals surface area (Å²) in [5.41, 5.74) is 9.79. The normalized spacial score (nSPS) is 14.1. The van der Waals surface area contributed by atoms with Crippen LogP contribution >= 0.6 is 0 Å². The highest BCUT2D eigenvalue weighted by atomic mass is 16.3. The van der Waals surface area contributed by atoms with E-state index < -0.39 is 6.10 Å². The third-order valence-electron chi connectivity index (χ3n) is 8.25. The van der Waals surface area contributed by atoms with Gasteiger partial charge in [-0.2, -0.15) is 0 Å². The number of aliphatic hydroxyl groups excluding tert-OH is 2. The molecule has 0 amide bonds.